The molecule has 0 aromatic heterocycles. The molecule has 0 unspecified atom stereocenters. The standard InChI is InChI=1S/C11H15N/c1-9-5-6-10-4-3-7-12(2)11(10)8-9/h5-6,8H,3-4,7H2,1-2H3. The van der Waals surface area contributed by atoms with E-state index in [0.717, 1.165) is 0 Å². The highest BCUT2D eigenvalue weighted by Gasteiger charge is 2.12. The fraction of sp³-hybridized carbons (Fsp3) is 0.455. The molecule has 1 nitrogen and oxygen atoms in total. The first-order valence-corrected chi connectivity index (χ1v) is 4.58. The van der Waals surface area contributed by atoms with Gasteiger partial charge in [0.1, 0.15) is 0 Å². The van der Waals surface area contributed by atoms with E-state index in [4.69, 9.17) is 0 Å². The monoisotopic (exact) mass is 161 g/mol. The summed E-state index contributed by atoms with van der Waals surface area (Å²) in [4.78, 5) is 2.35. The molecule has 12 heavy (non-hydrogen) atoms. The van der Waals surface area contributed by atoms with E-state index in [1.54, 1.807) is 0 Å². The van der Waals surface area contributed by atoms with Gasteiger partial charge in [0.05, 0.1) is 0 Å². The molecule has 0 fully saturated rings. The number of hydrogen-bond acceptors (Lipinski definition) is 1. The lowest BCUT2D eigenvalue weighted by Crippen LogP contribution is -2.24. The Labute approximate surface area is 74.0 Å². The van der Waals surface area contributed by atoms with Crippen LogP contribution in [0.3, 0.4) is 0 Å². The van der Waals surface area contributed by atoms with Crippen molar-refractivity contribution in [2.24, 2.45) is 0 Å². The smallest absolute Gasteiger partial charge is 0.0398 e. The lowest BCUT2D eigenvalue weighted by Gasteiger charge is -2.27. The molecule has 0 saturated carbocycles. The molecule has 0 saturated heterocycles. The Morgan fingerprint density at radius 3 is 3.00 bits per heavy atom. The number of benzene rings is 1. The molecular formula is C11H15N. The van der Waals surface area contributed by atoms with E-state index in [1.165, 1.54) is 36.2 Å². The average molecular weight is 161 g/mol. The summed E-state index contributed by atoms with van der Waals surface area (Å²) in [5.41, 5.74) is 4.30. The highest BCUT2D eigenvalue weighted by molar-refractivity contribution is 5.56. The summed E-state index contributed by atoms with van der Waals surface area (Å²) in [6, 6.07) is 6.76. The first-order valence-electron chi connectivity index (χ1n) is 4.58. The number of anilines is 1. The van der Waals surface area contributed by atoms with Crippen molar-refractivity contribution in [2.45, 2.75) is 19.8 Å². The minimum Gasteiger partial charge on any atom is -0.374 e. The van der Waals surface area contributed by atoms with Gasteiger partial charge in [-0.05, 0) is 37.0 Å². The SMILES string of the molecule is Cc1ccc2c(c1)N(C)CCC2. The second-order valence-electron chi connectivity index (χ2n) is 3.66. The fourth-order valence-electron chi connectivity index (χ4n) is 1.87. The Bertz CT molecular complexity index is 291. The van der Waals surface area contributed by atoms with Gasteiger partial charge >= 0.3 is 0 Å². The van der Waals surface area contributed by atoms with Gasteiger partial charge in [0.25, 0.3) is 0 Å². The Morgan fingerprint density at radius 1 is 1.33 bits per heavy atom. The average Bonchev–Trinajstić information content (AvgIpc) is 2.07. The zero-order valence-corrected chi connectivity index (χ0v) is 7.80. The topological polar surface area (TPSA) is 3.24 Å². The van der Waals surface area contributed by atoms with E-state index in [0.29, 0.717) is 0 Å². The summed E-state index contributed by atoms with van der Waals surface area (Å²) in [6.45, 7) is 3.36. The van der Waals surface area contributed by atoms with Crippen LogP contribution in [0, 0.1) is 6.92 Å². The van der Waals surface area contributed by atoms with Crippen molar-refractivity contribution in [1.82, 2.24) is 0 Å². The lowest BCUT2D eigenvalue weighted by atomic mass is 10.0. The summed E-state index contributed by atoms with van der Waals surface area (Å²) in [7, 11) is 2.18. The van der Waals surface area contributed by atoms with Crippen LogP contribution in [0.15, 0.2) is 18.2 Å². The highest BCUT2D eigenvalue weighted by Crippen LogP contribution is 2.26. The highest BCUT2D eigenvalue weighted by atomic mass is 15.1. The molecule has 0 radical (unpaired) electrons. The zero-order chi connectivity index (χ0) is 8.55. The molecule has 0 spiro atoms. The molecular weight excluding hydrogens is 146 g/mol. The number of nitrogens with zero attached hydrogens (tertiary/aromatic N) is 1. The predicted molar refractivity (Wildman–Crippen MR) is 52.8 cm³/mol. The fourth-order valence-corrected chi connectivity index (χ4v) is 1.87. The molecule has 0 atom stereocenters. The van der Waals surface area contributed by atoms with Gasteiger partial charge in [-0.2, -0.15) is 0 Å². The number of hydrogen-bond donors (Lipinski definition) is 0. The van der Waals surface area contributed by atoms with E-state index in [9.17, 15) is 0 Å². The predicted octanol–water partition coefficient (Wildman–Crippen LogP) is 2.38. The number of rotatable bonds is 0. The van der Waals surface area contributed by atoms with Gasteiger partial charge < -0.3 is 4.90 Å². The van der Waals surface area contributed by atoms with Crippen LogP contribution in [0.1, 0.15) is 17.5 Å². The van der Waals surface area contributed by atoms with Crippen molar-refractivity contribution in [3.8, 4) is 0 Å². The van der Waals surface area contributed by atoms with E-state index in [2.05, 4.69) is 37.1 Å². The molecule has 1 aromatic rings. The third-order valence-corrected chi connectivity index (χ3v) is 2.59. The summed E-state index contributed by atoms with van der Waals surface area (Å²) in [5.74, 6) is 0. The quantitative estimate of drug-likeness (QED) is 0.564. The van der Waals surface area contributed by atoms with E-state index >= 15 is 0 Å². The van der Waals surface area contributed by atoms with Gasteiger partial charge in [-0.1, -0.05) is 12.1 Å². The summed E-state index contributed by atoms with van der Waals surface area (Å²) >= 11 is 0. The van der Waals surface area contributed by atoms with Crippen LogP contribution in [0.4, 0.5) is 5.69 Å². The molecule has 1 aromatic carbocycles. The summed E-state index contributed by atoms with van der Waals surface area (Å²) in [6.07, 6.45) is 2.55. The van der Waals surface area contributed by atoms with Crippen LogP contribution < -0.4 is 4.90 Å². The van der Waals surface area contributed by atoms with E-state index < -0.39 is 0 Å². The van der Waals surface area contributed by atoms with Crippen molar-refractivity contribution in [3.63, 3.8) is 0 Å². The molecule has 0 bridgehead atoms. The van der Waals surface area contributed by atoms with Crippen LogP contribution in [0.2, 0.25) is 0 Å². The largest absolute Gasteiger partial charge is 0.374 e. The van der Waals surface area contributed by atoms with Crippen molar-refractivity contribution in [3.05, 3.63) is 29.3 Å². The normalized spacial score (nSPS) is 16.0. The minimum absolute atomic E-state index is 1.20. The minimum atomic E-state index is 1.20. The van der Waals surface area contributed by atoms with Crippen molar-refractivity contribution >= 4 is 5.69 Å². The van der Waals surface area contributed by atoms with Crippen LogP contribution in [0.5, 0.6) is 0 Å². The second-order valence-corrected chi connectivity index (χ2v) is 3.66. The third-order valence-electron chi connectivity index (χ3n) is 2.59. The maximum Gasteiger partial charge on any atom is 0.0398 e. The molecule has 1 heterocycles. The van der Waals surface area contributed by atoms with Crippen LogP contribution in [-0.4, -0.2) is 13.6 Å². The molecule has 0 amide bonds. The van der Waals surface area contributed by atoms with Gasteiger partial charge in [-0.3, -0.25) is 0 Å². The molecule has 0 N–H and O–H groups in total. The van der Waals surface area contributed by atoms with Gasteiger partial charge in [0.15, 0.2) is 0 Å². The van der Waals surface area contributed by atoms with Gasteiger partial charge in [-0.15, -0.1) is 0 Å². The van der Waals surface area contributed by atoms with Crippen LogP contribution in [-0.2, 0) is 6.42 Å². The molecule has 2 rings (SSSR count). The Balaban J connectivity index is 2.47. The lowest BCUT2D eigenvalue weighted by molar-refractivity contribution is 0.744. The second kappa shape index (κ2) is 2.81. The summed E-state index contributed by atoms with van der Waals surface area (Å²) in [5, 5.41) is 0. The van der Waals surface area contributed by atoms with Crippen molar-refractivity contribution < 1.29 is 0 Å². The molecule has 0 aliphatic carbocycles. The number of fused-ring (bicyclic) bond motifs is 1. The van der Waals surface area contributed by atoms with E-state index in [1.807, 2.05) is 0 Å². The van der Waals surface area contributed by atoms with Gasteiger partial charge in [0.2, 0.25) is 0 Å². The maximum absolute atomic E-state index is 2.35. The van der Waals surface area contributed by atoms with Crippen LogP contribution in [0.25, 0.3) is 0 Å². The molecule has 1 heteroatoms. The zero-order valence-electron chi connectivity index (χ0n) is 7.80. The van der Waals surface area contributed by atoms with E-state index in [-0.39, 0.29) is 0 Å². The molecule has 1 aliphatic heterocycles. The molecule has 64 valence electrons. The van der Waals surface area contributed by atoms with Crippen molar-refractivity contribution in [1.29, 1.82) is 0 Å². The van der Waals surface area contributed by atoms with Gasteiger partial charge in [-0.25, -0.2) is 0 Å². The van der Waals surface area contributed by atoms with Gasteiger partial charge in [0, 0.05) is 19.3 Å². The summed E-state index contributed by atoms with van der Waals surface area (Å²) < 4.78 is 0. The Kier molecular flexibility index (Phi) is 1.80. The maximum atomic E-state index is 2.35. The first-order chi connectivity index (χ1) is 5.77. The van der Waals surface area contributed by atoms with Crippen LogP contribution >= 0.6 is 0 Å². The Morgan fingerprint density at radius 2 is 2.17 bits per heavy atom. The first kappa shape index (κ1) is 7.66. The number of aryl methyl sites for hydroxylation is 2. The third kappa shape index (κ3) is 1.20. The molecule has 1 aliphatic rings. The van der Waals surface area contributed by atoms with Crippen molar-refractivity contribution in [2.75, 3.05) is 18.5 Å². The Hall–Kier alpha value is -0.980.